The van der Waals surface area contributed by atoms with E-state index in [9.17, 15) is 0 Å². The number of aliphatic hydroxyl groups excluding tert-OH is 1. The van der Waals surface area contributed by atoms with E-state index in [1.165, 1.54) is 12.0 Å². The maximum Gasteiger partial charge on any atom is 0.169 e. The van der Waals surface area contributed by atoms with Crippen LogP contribution in [0.4, 0.5) is 5.69 Å². The molecule has 122 valence electrons. The quantitative estimate of drug-likeness (QED) is 0.375. The fourth-order valence-electron chi connectivity index (χ4n) is 2.24. The lowest BCUT2D eigenvalue weighted by molar-refractivity contribution is -0.697. The highest BCUT2D eigenvalue weighted by Crippen LogP contribution is 2.12. The summed E-state index contributed by atoms with van der Waals surface area (Å²) in [5, 5.41) is 11.9. The van der Waals surface area contributed by atoms with Crippen molar-refractivity contribution in [2.24, 2.45) is 0 Å². The number of benzene rings is 1. The van der Waals surface area contributed by atoms with E-state index >= 15 is 0 Å². The Labute approximate surface area is 144 Å². The zero-order chi connectivity index (χ0) is 16.3. The van der Waals surface area contributed by atoms with Gasteiger partial charge in [0.05, 0.1) is 6.61 Å². The number of pyridine rings is 1. The number of hydrogen-bond donors (Lipinski definition) is 3. The average Bonchev–Trinajstić information content (AvgIpc) is 2.60. The standard InChI is InChI=1S/C19H24N2OS/c22-15-11-20-19-7-5-17(6-8-19)3-4-18-9-13-21(14-10-18)12-1-2-16-23/h3-10,13-14,22-23H,1-2,11-12,15-16H2/p+1. The van der Waals surface area contributed by atoms with Crippen molar-refractivity contribution >= 4 is 30.5 Å². The number of nitrogens with zero attached hydrogens (tertiary/aromatic N) is 1. The van der Waals surface area contributed by atoms with Crippen LogP contribution in [-0.4, -0.2) is 24.0 Å². The maximum atomic E-state index is 8.79. The molecular formula is C19H25N2OS+. The molecule has 0 saturated carbocycles. The van der Waals surface area contributed by atoms with Gasteiger partial charge in [-0.05, 0) is 35.4 Å². The topological polar surface area (TPSA) is 36.1 Å². The van der Waals surface area contributed by atoms with E-state index in [-0.39, 0.29) is 6.61 Å². The Balaban J connectivity index is 1.89. The zero-order valence-electron chi connectivity index (χ0n) is 13.4. The Morgan fingerprint density at radius 1 is 0.957 bits per heavy atom. The third kappa shape index (κ3) is 6.47. The number of aryl methyl sites for hydroxylation is 1. The number of thiol groups is 1. The second kappa shape index (κ2) is 10.1. The minimum atomic E-state index is 0.143. The minimum Gasteiger partial charge on any atom is -0.395 e. The minimum absolute atomic E-state index is 0.143. The van der Waals surface area contributed by atoms with Gasteiger partial charge in [-0.25, -0.2) is 4.57 Å². The van der Waals surface area contributed by atoms with Crippen molar-refractivity contribution in [3.63, 3.8) is 0 Å². The first kappa shape index (κ1) is 17.6. The summed E-state index contributed by atoms with van der Waals surface area (Å²) in [6.45, 7) is 1.77. The van der Waals surface area contributed by atoms with Gasteiger partial charge in [0, 0.05) is 30.8 Å². The predicted molar refractivity (Wildman–Crippen MR) is 101 cm³/mol. The number of hydrogen-bond acceptors (Lipinski definition) is 3. The lowest BCUT2D eigenvalue weighted by Gasteiger charge is -2.03. The molecule has 0 amide bonds. The van der Waals surface area contributed by atoms with Gasteiger partial charge >= 0.3 is 0 Å². The Bertz CT molecular complexity index is 594. The van der Waals surface area contributed by atoms with Crippen LogP contribution in [0.3, 0.4) is 0 Å². The molecule has 2 N–H and O–H groups in total. The SMILES string of the molecule is OCCNc1ccc(/C=C/c2cc[n+](CCCCS)cc2)cc1. The second-order valence-corrected chi connectivity index (χ2v) is 5.85. The van der Waals surface area contributed by atoms with Crippen LogP contribution in [0.1, 0.15) is 24.0 Å². The Hall–Kier alpha value is -1.78. The predicted octanol–water partition coefficient (Wildman–Crippen LogP) is 3.26. The molecule has 2 aromatic rings. The largest absolute Gasteiger partial charge is 0.395 e. The summed E-state index contributed by atoms with van der Waals surface area (Å²) in [5.74, 6) is 0.954. The summed E-state index contributed by atoms with van der Waals surface area (Å²) >= 11 is 4.24. The smallest absolute Gasteiger partial charge is 0.169 e. The third-order valence-electron chi connectivity index (χ3n) is 3.56. The average molecular weight is 329 g/mol. The van der Waals surface area contributed by atoms with E-state index in [2.05, 4.69) is 71.3 Å². The van der Waals surface area contributed by atoms with Crippen LogP contribution >= 0.6 is 12.6 Å². The van der Waals surface area contributed by atoms with Crippen LogP contribution in [-0.2, 0) is 6.54 Å². The van der Waals surface area contributed by atoms with Crippen LogP contribution in [0.2, 0.25) is 0 Å². The summed E-state index contributed by atoms with van der Waals surface area (Å²) < 4.78 is 2.21. The number of anilines is 1. The van der Waals surface area contributed by atoms with E-state index in [0.717, 1.165) is 30.0 Å². The molecule has 1 aromatic heterocycles. The van der Waals surface area contributed by atoms with E-state index in [1.807, 2.05) is 12.1 Å². The first-order valence-corrected chi connectivity index (χ1v) is 8.68. The van der Waals surface area contributed by atoms with Gasteiger partial charge in [-0.1, -0.05) is 24.3 Å². The van der Waals surface area contributed by atoms with E-state index in [0.29, 0.717) is 6.54 Å². The van der Waals surface area contributed by atoms with Crippen LogP contribution in [0.25, 0.3) is 12.2 Å². The monoisotopic (exact) mass is 329 g/mol. The third-order valence-corrected chi connectivity index (χ3v) is 3.88. The van der Waals surface area contributed by atoms with E-state index in [1.54, 1.807) is 0 Å². The number of rotatable bonds is 9. The highest BCUT2D eigenvalue weighted by atomic mass is 32.1. The molecule has 0 atom stereocenters. The van der Waals surface area contributed by atoms with Gasteiger partial charge in [0.1, 0.15) is 6.54 Å². The molecule has 0 unspecified atom stereocenters. The molecule has 0 radical (unpaired) electrons. The van der Waals surface area contributed by atoms with Crippen molar-refractivity contribution in [2.45, 2.75) is 19.4 Å². The van der Waals surface area contributed by atoms with Crippen molar-refractivity contribution in [1.29, 1.82) is 0 Å². The molecule has 0 saturated heterocycles. The van der Waals surface area contributed by atoms with E-state index < -0.39 is 0 Å². The zero-order valence-corrected chi connectivity index (χ0v) is 14.3. The number of nitrogens with one attached hydrogen (secondary N) is 1. The Morgan fingerprint density at radius 3 is 2.22 bits per heavy atom. The highest BCUT2D eigenvalue weighted by molar-refractivity contribution is 7.80. The van der Waals surface area contributed by atoms with Crippen LogP contribution in [0, 0.1) is 0 Å². The molecule has 1 heterocycles. The second-order valence-electron chi connectivity index (χ2n) is 5.41. The fraction of sp³-hybridized carbons (Fsp3) is 0.316. The number of unbranched alkanes of at least 4 members (excludes halogenated alkanes) is 1. The van der Waals surface area contributed by atoms with Gasteiger partial charge in [-0.3, -0.25) is 0 Å². The molecule has 4 heteroatoms. The molecule has 0 fully saturated rings. The van der Waals surface area contributed by atoms with Crippen LogP contribution in [0.5, 0.6) is 0 Å². The molecule has 0 aliphatic carbocycles. The number of aliphatic hydroxyl groups is 1. The van der Waals surface area contributed by atoms with Gasteiger partial charge in [0.15, 0.2) is 12.4 Å². The fourth-order valence-corrected chi connectivity index (χ4v) is 2.46. The van der Waals surface area contributed by atoms with Crippen molar-refractivity contribution in [3.05, 3.63) is 59.9 Å². The summed E-state index contributed by atoms with van der Waals surface area (Å²) in [6.07, 6.45) is 10.8. The van der Waals surface area contributed by atoms with Crippen molar-refractivity contribution in [1.82, 2.24) is 0 Å². The van der Waals surface area contributed by atoms with Crippen molar-refractivity contribution in [3.8, 4) is 0 Å². The molecule has 1 aromatic carbocycles. The van der Waals surface area contributed by atoms with E-state index in [4.69, 9.17) is 5.11 Å². The maximum absolute atomic E-state index is 8.79. The molecule has 23 heavy (non-hydrogen) atoms. The molecule has 2 rings (SSSR count). The molecule has 0 bridgehead atoms. The van der Waals surface area contributed by atoms with Gasteiger partial charge in [0.2, 0.25) is 0 Å². The Kier molecular flexibility index (Phi) is 7.70. The van der Waals surface area contributed by atoms with Gasteiger partial charge in [-0.15, -0.1) is 0 Å². The number of aromatic nitrogens is 1. The van der Waals surface area contributed by atoms with Crippen LogP contribution < -0.4 is 9.88 Å². The summed E-state index contributed by atoms with van der Waals surface area (Å²) in [6, 6.07) is 12.4. The van der Waals surface area contributed by atoms with Gasteiger partial charge < -0.3 is 10.4 Å². The first-order valence-electron chi connectivity index (χ1n) is 8.04. The lowest BCUT2D eigenvalue weighted by atomic mass is 10.1. The molecule has 3 nitrogen and oxygen atoms in total. The first-order chi connectivity index (χ1) is 11.3. The highest BCUT2D eigenvalue weighted by Gasteiger charge is 1.99. The molecule has 0 aliphatic heterocycles. The lowest BCUT2D eigenvalue weighted by Crippen LogP contribution is -2.32. The molecule has 0 aliphatic rings. The van der Waals surface area contributed by atoms with Crippen LogP contribution in [0.15, 0.2) is 48.8 Å². The summed E-state index contributed by atoms with van der Waals surface area (Å²) in [5.41, 5.74) is 3.38. The Morgan fingerprint density at radius 2 is 1.61 bits per heavy atom. The van der Waals surface area contributed by atoms with Gasteiger partial charge in [0.25, 0.3) is 0 Å². The van der Waals surface area contributed by atoms with Crippen molar-refractivity contribution < 1.29 is 9.67 Å². The summed E-state index contributed by atoms with van der Waals surface area (Å²) in [7, 11) is 0. The normalized spacial score (nSPS) is 11.0. The van der Waals surface area contributed by atoms with Crippen molar-refractivity contribution in [2.75, 3.05) is 24.2 Å². The molecule has 0 spiro atoms. The van der Waals surface area contributed by atoms with Gasteiger partial charge in [-0.2, -0.15) is 12.6 Å². The molecular weight excluding hydrogens is 304 g/mol. The summed E-state index contributed by atoms with van der Waals surface area (Å²) in [4.78, 5) is 0.